The number of hydrogen-bond donors (Lipinski definition) is 2. The zero-order chi connectivity index (χ0) is 17.9. The predicted molar refractivity (Wildman–Crippen MR) is 90.8 cm³/mol. The summed E-state index contributed by atoms with van der Waals surface area (Å²) in [6.45, 7) is 2.23. The highest BCUT2D eigenvalue weighted by Crippen LogP contribution is 2.29. The fourth-order valence-corrected chi connectivity index (χ4v) is 2.35. The Balaban J connectivity index is 1.54. The molecule has 1 saturated carbocycles. The van der Waals surface area contributed by atoms with Gasteiger partial charge in [-0.25, -0.2) is 9.37 Å². The van der Waals surface area contributed by atoms with Gasteiger partial charge in [0.25, 0.3) is 5.91 Å². The number of aliphatic hydroxyl groups is 1. The van der Waals surface area contributed by atoms with Gasteiger partial charge in [-0.05, 0) is 49.4 Å². The first-order valence-electron chi connectivity index (χ1n) is 8.29. The van der Waals surface area contributed by atoms with Crippen molar-refractivity contribution in [1.29, 1.82) is 0 Å². The molecular formula is C19H21FN2O3. The summed E-state index contributed by atoms with van der Waals surface area (Å²) in [5, 5.41) is 13.1. The molecule has 0 aliphatic heterocycles. The Hall–Kier alpha value is -2.47. The summed E-state index contributed by atoms with van der Waals surface area (Å²) in [7, 11) is 0. The van der Waals surface area contributed by atoms with Gasteiger partial charge in [0.05, 0.1) is 18.7 Å². The number of hydrogen-bond acceptors (Lipinski definition) is 4. The molecule has 1 aliphatic carbocycles. The van der Waals surface area contributed by atoms with Crippen molar-refractivity contribution in [2.24, 2.45) is 5.92 Å². The molecule has 2 aromatic rings. The number of aromatic nitrogens is 1. The number of carbonyl (C=O) groups is 1. The van der Waals surface area contributed by atoms with Gasteiger partial charge in [-0.1, -0.05) is 12.1 Å². The lowest BCUT2D eigenvalue weighted by Gasteiger charge is -2.24. The molecule has 0 spiro atoms. The smallest absolute Gasteiger partial charge is 0.252 e. The van der Waals surface area contributed by atoms with E-state index in [-0.39, 0.29) is 18.3 Å². The van der Waals surface area contributed by atoms with Gasteiger partial charge in [0.15, 0.2) is 0 Å². The van der Waals surface area contributed by atoms with Crippen LogP contribution in [0.4, 0.5) is 4.39 Å². The van der Waals surface area contributed by atoms with E-state index < -0.39 is 5.60 Å². The van der Waals surface area contributed by atoms with Crippen molar-refractivity contribution < 1.29 is 19.0 Å². The molecule has 0 radical (unpaired) electrons. The van der Waals surface area contributed by atoms with Crippen LogP contribution in [0.1, 0.15) is 35.7 Å². The minimum atomic E-state index is -1.30. The van der Waals surface area contributed by atoms with Crippen LogP contribution < -0.4 is 10.1 Å². The minimum Gasteiger partial charge on any atom is -0.477 e. The normalized spacial score (nSPS) is 16.1. The monoisotopic (exact) mass is 344 g/mol. The maximum absolute atomic E-state index is 13.0. The third-order valence-corrected chi connectivity index (χ3v) is 4.22. The zero-order valence-corrected chi connectivity index (χ0v) is 14.0. The Bertz CT molecular complexity index is 725. The summed E-state index contributed by atoms with van der Waals surface area (Å²) in [5.41, 5.74) is -0.394. The molecule has 1 unspecified atom stereocenters. The van der Waals surface area contributed by atoms with E-state index in [1.54, 1.807) is 19.1 Å². The highest BCUT2D eigenvalue weighted by atomic mass is 19.1. The van der Waals surface area contributed by atoms with Gasteiger partial charge in [0, 0.05) is 12.3 Å². The molecular weight excluding hydrogens is 323 g/mol. The Labute approximate surface area is 145 Å². The van der Waals surface area contributed by atoms with Crippen LogP contribution in [0.2, 0.25) is 0 Å². The summed E-state index contributed by atoms with van der Waals surface area (Å²) in [4.78, 5) is 16.3. The zero-order valence-electron chi connectivity index (χ0n) is 14.0. The molecule has 0 bridgehead atoms. The van der Waals surface area contributed by atoms with Crippen molar-refractivity contribution in [3.05, 3.63) is 59.5 Å². The van der Waals surface area contributed by atoms with Crippen molar-refractivity contribution in [3.63, 3.8) is 0 Å². The van der Waals surface area contributed by atoms with E-state index in [4.69, 9.17) is 4.74 Å². The lowest BCUT2D eigenvalue weighted by molar-refractivity contribution is 0.0525. The van der Waals surface area contributed by atoms with Crippen molar-refractivity contribution >= 4 is 5.91 Å². The van der Waals surface area contributed by atoms with Gasteiger partial charge in [-0.15, -0.1) is 0 Å². The molecule has 1 aromatic heterocycles. The fourth-order valence-electron chi connectivity index (χ4n) is 2.35. The number of amides is 1. The number of rotatable bonds is 7. The Morgan fingerprint density at radius 2 is 2.04 bits per heavy atom. The van der Waals surface area contributed by atoms with E-state index in [0.29, 0.717) is 29.5 Å². The van der Waals surface area contributed by atoms with Gasteiger partial charge in [-0.3, -0.25) is 4.79 Å². The first kappa shape index (κ1) is 17.4. The first-order valence-corrected chi connectivity index (χ1v) is 8.29. The van der Waals surface area contributed by atoms with E-state index >= 15 is 0 Å². The van der Waals surface area contributed by atoms with Crippen LogP contribution in [-0.2, 0) is 5.60 Å². The number of carbonyl (C=O) groups excluding carboxylic acids is 1. The summed E-state index contributed by atoms with van der Waals surface area (Å²) < 4.78 is 18.5. The third-order valence-electron chi connectivity index (χ3n) is 4.22. The van der Waals surface area contributed by atoms with E-state index in [1.807, 2.05) is 0 Å². The standard InChI is InChI=1S/C19H21FN2O3/c1-19(24,15-5-7-16(20)8-6-15)12-22-18(23)14-4-9-17(21-10-14)25-11-13-2-3-13/h4-10,13,24H,2-3,11-12H2,1H3,(H,22,23). The topological polar surface area (TPSA) is 71.5 Å². The second kappa shape index (κ2) is 7.19. The molecule has 1 atom stereocenters. The van der Waals surface area contributed by atoms with E-state index in [9.17, 15) is 14.3 Å². The van der Waals surface area contributed by atoms with Gasteiger partial charge in [0.1, 0.15) is 11.4 Å². The molecule has 1 heterocycles. The average molecular weight is 344 g/mol. The summed E-state index contributed by atoms with van der Waals surface area (Å²) in [5.74, 6) is 0.419. The van der Waals surface area contributed by atoms with Crippen LogP contribution in [-0.4, -0.2) is 29.1 Å². The molecule has 0 saturated heterocycles. The average Bonchev–Trinajstić information content (AvgIpc) is 3.43. The van der Waals surface area contributed by atoms with E-state index in [1.165, 1.54) is 43.3 Å². The highest BCUT2D eigenvalue weighted by Gasteiger charge is 2.24. The predicted octanol–water partition coefficient (Wildman–Crippen LogP) is 2.65. The maximum Gasteiger partial charge on any atom is 0.252 e. The largest absolute Gasteiger partial charge is 0.477 e. The van der Waals surface area contributed by atoms with Crippen LogP contribution in [0.5, 0.6) is 5.88 Å². The van der Waals surface area contributed by atoms with Crippen molar-refractivity contribution in [1.82, 2.24) is 10.3 Å². The molecule has 2 N–H and O–H groups in total. The van der Waals surface area contributed by atoms with Gasteiger partial charge >= 0.3 is 0 Å². The van der Waals surface area contributed by atoms with Crippen molar-refractivity contribution in [2.45, 2.75) is 25.4 Å². The number of nitrogens with one attached hydrogen (secondary N) is 1. The molecule has 1 aliphatic rings. The van der Waals surface area contributed by atoms with Crippen molar-refractivity contribution in [3.8, 4) is 5.88 Å². The molecule has 6 heteroatoms. The summed E-state index contributed by atoms with van der Waals surface area (Å²) in [6.07, 6.45) is 3.85. The number of benzene rings is 1. The van der Waals surface area contributed by atoms with Gasteiger partial charge in [-0.2, -0.15) is 0 Å². The Morgan fingerprint density at radius 3 is 2.64 bits per heavy atom. The first-order chi connectivity index (χ1) is 11.9. The number of pyridine rings is 1. The molecule has 3 rings (SSSR count). The second-order valence-electron chi connectivity index (χ2n) is 6.60. The highest BCUT2D eigenvalue weighted by molar-refractivity contribution is 5.93. The van der Waals surface area contributed by atoms with Gasteiger partial charge in [0.2, 0.25) is 5.88 Å². The molecule has 25 heavy (non-hydrogen) atoms. The maximum atomic E-state index is 13.0. The lowest BCUT2D eigenvalue weighted by atomic mass is 9.96. The molecule has 1 amide bonds. The van der Waals surface area contributed by atoms with Crippen LogP contribution in [0.25, 0.3) is 0 Å². The van der Waals surface area contributed by atoms with Gasteiger partial charge < -0.3 is 15.2 Å². The van der Waals surface area contributed by atoms with Crippen molar-refractivity contribution in [2.75, 3.05) is 13.2 Å². The number of nitrogens with zero attached hydrogens (tertiary/aromatic N) is 1. The number of halogens is 1. The molecule has 1 fully saturated rings. The number of ether oxygens (including phenoxy) is 1. The molecule has 1 aromatic carbocycles. The fraction of sp³-hybridized carbons (Fsp3) is 0.368. The quantitative estimate of drug-likeness (QED) is 0.810. The second-order valence-corrected chi connectivity index (χ2v) is 6.60. The summed E-state index contributed by atoms with van der Waals surface area (Å²) >= 11 is 0. The van der Waals surface area contributed by atoms with Crippen LogP contribution in [0, 0.1) is 11.7 Å². The lowest BCUT2D eigenvalue weighted by Crippen LogP contribution is -2.38. The molecule has 132 valence electrons. The SMILES string of the molecule is CC(O)(CNC(=O)c1ccc(OCC2CC2)nc1)c1ccc(F)cc1. The van der Waals surface area contributed by atoms with E-state index in [2.05, 4.69) is 10.3 Å². The molecule has 5 nitrogen and oxygen atoms in total. The Morgan fingerprint density at radius 1 is 1.32 bits per heavy atom. The van der Waals surface area contributed by atoms with Crippen LogP contribution in [0.3, 0.4) is 0 Å². The van der Waals surface area contributed by atoms with E-state index in [0.717, 1.165) is 0 Å². The van der Waals surface area contributed by atoms with Crippen LogP contribution in [0.15, 0.2) is 42.6 Å². The summed E-state index contributed by atoms with van der Waals surface area (Å²) in [6, 6.07) is 8.84. The third kappa shape index (κ3) is 4.76. The minimum absolute atomic E-state index is 0.00258. The Kier molecular flexibility index (Phi) is 4.99. The van der Waals surface area contributed by atoms with Crippen LogP contribution >= 0.6 is 0 Å².